The number of benzene rings is 3. The number of piperazine rings is 1. The van der Waals surface area contributed by atoms with Crippen LogP contribution in [0.3, 0.4) is 0 Å². The third-order valence-corrected chi connectivity index (χ3v) is 9.87. The highest BCUT2D eigenvalue weighted by atomic mass is 19.1. The molecular formula is C41H52FN7O4. The van der Waals surface area contributed by atoms with E-state index >= 15 is 4.39 Å². The van der Waals surface area contributed by atoms with Crippen molar-refractivity contribution in [1.82, 2.24) is 19.8 Å². The van der Waals surface area contributed by atoms with Gasteiger partial charge in [-0.05, 0) is 102 Å². The van der Waals surface area contributed by atoms with Crippen LogP contribution in [0.5, 0.6) is 11.5 Å². The number of hydrogen-bond donors (Lipinski definition) is 1. The number of anilines is 5. The van der Waals surface area contributed by atoms with E-state index < -0.39 is 6.09 Å². The van der Waals surface area contributed by atoms with Crippen molar-refractivity contribution in [1.29, 1.82) is 0 Å². The summed E-state index contributed by atoms with van der Waals surface area (Å²) in [5.41, 5.74) is 4.94. The van der Waals surface area contributed by atoms with Crippen LogP contribution in [0, 0.1) is 32.5 Å². The first-order chi connectivity index (χ1) is 25.3. The van der Waals surface area contributed by atoms with E-state index in [-0.39, 0.29) is 29.4 Å². The van der Waals surface area contributed by atoms with Crippen LogP contribution >= 0.6 is 0 Å². The molecule has 0 saturated carbocycles. The van der Waals surface area contributed by atoms with Crippen molar-refractivity contribution in [3.8, 4) is 11.5 Å². The second-order valence-electron chi connectivity index (χ2n) is 13.9. The summed E-state index contributed by atoms with van der Waals surface area (Å²) in [6.45, 7) is 17.4. The number of amides is 2. The van der Waals surface area contributed by atoms with Gasteiger partial charge in [-0.2, -0.15) is 4.98 Å². The molecule has 11 nitrogen and oxygen atoms in total. The summed E-state index contributed by atoms with van der Waals surface area (Å²) < 4.78 is 27.4. The second-order valence-corrected chi connectivity index (χ2v) is 13.9. The molecule has 2 unspecified atom stereocenters. The fraction of sp³-hybridized carbons (Fsp3) is 0.415. The number of aromatic nitrogens is 2. The highest BCUT2D eigenvalue weighted by molar-refractivity contribution is 5.98. The smallest absolute Gasteiger partial charge is 0.425 e. The first-order valence-electron chi connectivity index (χ1n) is 18.2. The van der Waals surface area contributed by atoms with E-state index in [1.807, 2.05) is 70.7 Å². The Hall–Kier alpha value is -5.23. The van der Waals surface area contributed by atoms with Crippen LogP contribution in [0.25, 0.3) is 0 Å². The van der Waals surface area contributed by atoms with Crippen LogP contribution in [0.1, 0.15) is 49.9 Å². The van der Waals surface area contributed by atoms with Crippen LogP contribution in [0.15, 0.2) is 60.8 Å². The number of halogens is 1. The van der Waals surface area contributed by atoms with E-state index in [1.54, 1.807) is 24.3 Å². The molecule has 1 fully saturated rings. The van der Waals surface area contributed by atoms with Gasteiger partial charge in [-0.25, -0.2) is 19.1 Å². The van der Waals surface area contributed by atoms with Crippen molar-refractivity contribution in [3.05, 3.63) is 88.9 Å². The molecule has 53 heavy (non-hydrogen) atoms. The normalized spacial score (nSPS) is 15.1. The minimum Gasteiger partial charge on any atom is -0.495 e. The average Bonchev–Trinajstić information content (AvgIpc) is 3.12. The number of nitrogens with zero attached hydrogens (tertiary/aromatic N) is 6. The summed E-state index contributed by atoms with van der Waals surface area (Å²) in [5.74, 6) is 0.674. The standard InChI is InChI=1S/C41H52FN7O4/c1-10-47(11-2)39(50)29(6)22-31-12-14-35(36(23-31)52-9)49(41(51)53-38-27(4)20-26(3)21-28(38)5)37-16-17-43-40(45-37)44-32-13-15-34(33(42)24-32)48-19-18-46(8)30(7)25-48/h12-17,20-21,23-24,29-30H,10-11,18-19,22,25H2,1-9H3,(H,43,44,45). The van der Waals surface area contributed by atoms with E-state index in [2.05, 4.69) is 34.1 Å². The molecule has 12 heteroatoms. The van der Waals surface area contributed by atoms with Crippen LogP contribution in [-0.2, 0) is 11.2 Å². The predicted octanol–water partition coefficient (Wildman–Crippen LogP) is 7.82. The van der Waals surface area contributed by atoms with E-state index in [4.69, 9.17) is 14.5 Å². The van der Waals surface area contributed by atoms with Crippen LogP contribution < -0.4 is 24.6 Å². The molecule has 0 spiro atoms. The lowest BCUT2D eigenvalue weighted by atomic mass is 9.99. The van der Waals surface area contributed by atoms with Gasteiger partial charge in [-0.1, -0.05) is 30.7 Å². The Morgan fingerprint density at radius 1 is 1.02 bits per heavy atom. The molecule has 4 aromatic rings. The van der Waals surface area contributed by atoms with Crippen molar-refractivity contribution < 1.29 is 23.5 Å². The van der Waals surface area contributed by atoms with Crippen LogP contribution in [0.2, 0.25) is 0 Å². The first kappa shape index (κ1) is 39.0. The molecule has 0 radical (unpaired) electrons. The van der Waals surface area contributed by atoms with Gasteiger partial charge in [0.05, 0.1) is 18.5 Å². The number of carbonyl (C=O) groups excluding carboxylic acids is 2. The van der Waals surface area contributed by atoms with Crippen molar-refractivity contribution in [2.45, 2.75) is 60.9 Å². The van der Waals surface area contributed by atoms with Crippen molar-refractivity contribution >= 4 is 40.8 Å². The quantitative estimate of drug-likeness (QED) is 0.157. The van der Waals surface area contributed by atoms with Crippen molar-refractivity contribution in [3.63, 3.8) is 0 Å². The lowest BCUT2D eigenvalue weighted by Gasteiger charge is -2.39. The largest absolute Gasteiger partial charge is 0.495 e. The predicted molar refractivity (Wildman–Crippen MR) is 209 cm³/mol. The summed E-state index contributed by atoms with van der Waals surface area (Å²) in [4.78, 5) is 43.9. The van der Waals surface area contributed by atoms with Crippen LogP contribution in [-0.4, -0.2) is 84.7 Å². The minimum absolute atomic E-state index is 0.0801. The summed E-state index contributed by atoms with van der Waals surface area (Å²) in [5, 5.41) is 3.10. The van der Waals surface area contributed by atoms with Gasteiger partial charge >= 0.3 is 6.09 Å². The van der Waals surface area contributed by atoms with Gasteiger partial charge in [0.25, 0.3) is 0 Å². The summed E-state index contributed by atoms with van der Waals surface area (Å²) in [6, 6.07) is 16.3. The van der Waals surface area contributed by atoms with E-state index in [0.717, 1.165) is 41.9 Å². The molecule has 282 valence electrons. The second kappa shape index (κ2) is 17.1. The third kappa shape index (κ3) is 9.05. The molecule has 3 aromatic carbocycles. The highest BCUT2D eigenvalue weighted by Gasteiger charge is 2.28. The highest BCUT2D eigenvalue weighted by Crippen LogP contribution is 2.37. The van der Waals surface area contributed by atoms with E-state index in [1.165, 1.54) is 24.3 Å². The Morgan fingerprint density at radius 3 is 2.38 bits per heavy atom. The minimum atomic E-state index is -0.711. The molecule has 1 saturated heterocycles. The van der Waals surface area contributed by atoms with Gasteiger partial charge < -0.3 is 29.5 Å². The van der Waals surface area contributed by atoms with Crippen molar-refractivity contribution in [2.75, 3.05) is 62.0 Å². The number of ether oxygens (including phenoxy) is 2. The monoisotopic (exact) mass is 725 g/mol. The maximum atomic E-state index is 15.5. The number of rotatable bonds is 12. The maximum Gasteiger partial charge on any atom is 0.425 e. The molecular weight excluding hydrogens is 673 g/mol. The zero-order valence-corrected chi connectivity index (χ0v) is 32.4. The SMILES string of the molecule is CCN(CC)C(=O)C(C)Cc1ccc(N(C(=O)Oc2c(C)cc(C)cc2C)c2ccnc(Nc3ccc(N4CCN(C)C(C)C4)c(F)c3)n2)c(OC)c1. The zero-order chi connectivity index (χ0) is 38.4. The molecule has 2 atom stereocenters. The van der Waals surface area contributed by atoms with Gasteiger partial charge in [0.2, 0.25) is 11.9 Å². The van der Waals surface area contributed by atoms with Crippen LogP contribution in [0.4, 0.5) is 38.0 Å². The Kier molecular flexibility index (Phi) is 12.6. The molecule has 0 aliphatic carbocycles. The summed E-state index contributed by atoms with van der Waals surface area (Å²) >= 11 is 0. The maximum absolute atomic E-state index is 15.5. The number of hydrogen-bond acceptors (Lipinski definition) is 9. The molecule has 2 amide bonds. The number of methoxy groups -OCH3 is 1. The van der Waals surface area contributed by atoms with E-state index in [9.17, 15) is 9.59 Å². The third-order valence-electron chi connectivity index (χ3n) is 9.87. The number of aryl methyl sites for hydroxylation is 3. The molecule has 2 heterocycles. The first-order valence-corrected chi connectivity index (χ1v) is 18.2. The fourth-order valence-corrected chi connectivity index (χ4v) is 6.87. The fourth-order valence-electron chi connectivity index (χ4n) is 6.87. The van der Waals surface area contributed by atoms with E-state index in [0.29, 0.717) is 54.1 Å². The molecule has 1 aromatic heterocycles. The molecule has 5 rings (SSSR count). The molecule has 1 aliphatic rings. The average molecular weight is 726 g/mol. The van der Waals surface area contributed by atoms with Gasteiger partial charge in [-0.3, -0.25) is 4.79 Å². The molecule has 1 N–H and O–H groups in total. The Morgan fingerprint density at radius 2 is 1.74 bits per heavy atom. The van der Waals surface area contributed by atoms with Gasteiger partial charge in [0, 0.05) is 62.6 Å². The Bertz CT molecular complexity index is 1910. The molecule has 0 bridgehead atoms. The Labute approximate surface area is 312 Å². The zero-order valence-electron chi connectivity index (χ0n) is 32.4. The lowest BCUT2D eigenvalue weighted by molar-refractivity contribution is -0.134. The van der Waals surface area contributed by atoms with Gasteiger partial charge in [0.15, 0.2) is 0 Å². The van der Waals surface area contributed by atoms with Gasteiger partial charge in [-0.15, -0.1) is 0 Å². The number of nitrogens with one attached hydrogen (secondary N) is 1. The number of likely N-dealkylation sites (N-methyl/N-ethyl adjacent to an activating group) is 1. The summed E-state index contributed by atoms with van der Waals surface area (Å²) in [7, 11) is 3.61. The van der Waals surface area contributed by atoms with Crippen molar-refractivity contribution in [2.24, 2.45) is 5.92 Å². The lowest BCUT2D eigenvalue weighted by Crippen LogP contribution is -2.50. The topological polar surface area (TPSA) is 103 Å². The Balaban J connectivity index is 1.48. The number of carbonyl (C=O) groups is 2. The summed E-state index contributed by atoms with van der Waals surface area (Å²) in [6.07, 6.45) is 1.30. The van der Waals surface area contributed by atoms with Gasteiger partial charge in [0.1, 0.15) is 23.1 Å². The molecule has 1 aliphatic heterocycles.